The molecule has 0 fully saturated rings. The highest BCUT2D eigenvalue weighted by molar-refractivity contribution is 7.91. The molecule has 0 aliphatic carbocycles. The third-order valence-electron chi connectivity index (χ3n) is 5.02. The van der Waals surface area contributed by atoms with E-state index >= 15 is 0 Å². The average Bonchev–Trinajstić information content (AvgIpc) is 3.26. The molecule has 2 aromatic heterocycles. The Morgan fingerprint density at radius 1 is 1.00 bits per heavy atom. The van der Waals surface area contributed by atoms with Crippen molar-refractivity contribution in [2.24, 2.45) is 0 Å². The van der Waals surface area contributed by atoms with Crippen LogP contribution in [0.1, 0.15) is 22.3 Å². The Hall–Kier alpha value is -3.73. The lowest BCUT2D eigenvalue weighted by atomic mass is 10.0. The van der Waals surface area contributed by atoms with E-state index in [1.165, 1.54) is 24.3 Å². The van der Waals surface area contributed by atoms with Crippen LogP contribution in [0.5, 0.6) is 5.75 Å². The van der Waals surface area contributed by atoms with Gasteiger partial charge in [0.2, 0.25) is 9.84 Å². The van der Waals surface area contributed by atoms with E-state index in [9.17, 15) is 30.8 Å². The van der Waals surface area contributed by atoms with Crippen molar-refractivity contribution >= 4 is 21.3 Å². The molecule has 4 rings (SSSR count). The van der Waals surface area contributed by atoms with Crippen LogP contribution < -0.4 is 4.74 Å². The van der Waals surface area contributed by atoms with Gasteiger partial charge in [-0.2, -0.15) is 0 Å². The molecule has 0 unspecified atom stereocenters. The number of aryl methyl sites for hydroxylation is 1. The van der Waals surface area contributed by atoms with Gasteiger partial charge in [0.15, 0.2) is 17.3 Å². The number of carbonyl (C=O) groups excluding carboxylic acids is 1. The topological polar surface area (TPSA) is 77.7 Å². The number of ketones is 1. The number of Topliss-reactive ketones (excluding diaryl/α,β-unsaturated/α-hetero) is 1. The van der Waals surface area contributed by atoms with E-state index in [0.29, 0.717) is 29.7 Å². The zero-order valence-electron chi connectivity index (χ0n) is 17.3. The molecule has 4 aromatic rings. The average molecular weight is 492 g/mol. The maximum absolute atomic E-state index is 13.9. The van der Waals surface area contributed by atoms with Gasteiger partial charge in [0, 0.05) is 30.6 Å². The molecule has 0 radical (unpaired) electrons. The predicted molar refractivity (Wildman–Crippen MR) is 113 cm³/mol. The van der Waals surface area contributed by atoms with Crippen LogP contribution in [0.2, 0.25) is 0 Å². The highest BCUT2D eigenvalue weighted by Gasteiger charge is 2.33. The number of fused-ring (bicyclic) bond motifs is 1. The van der Waals surface area contributed by atoms with Crippen molar-refractivity contribution in [1.29, 1.82) is 0 Å². The molecule has 0 amide bonds. The first-order chi connectivity index (χ1) is 16.0. The number of rotatable bonds is 7. The monoisotopic (exact) mass is 492 g/mol. The zero-order valence-corrected chi connectivity index (χ0v) is 18.1. The van der Waals surface area contributed by atoms with E-state index in [4.69, 9.17) is 0 Å². The molecular formula is C23H16F4N2O4S. The third kappa shape index (κ3) is 5.09. The lowest BCUT2D eigenvalue weighted by Crippen LogP contribution is -2.18. The predicted octanol–water partition coefficient (Wildman–Crippen LogP) is 5.02. The summed E-state index contributed by atoms with van der Waals surface area (Å²) in [4.78, 5) is 15.9. The molecule has 34 heavy (non-hydrogen) atoms. The number of alkyl halides is 3. The molecular weight excluding hydrogens is 476 g/mol. The Bertz CT molecular complexity index is 1460. The summed E-state index contributed by atoms with van der Waals surface area (Å²) in [5.74, 6) is -2.68. The maximum Gasteiger partial charge on any atom is 0.573 e. The number of pyridine rings is 1. The van der Waals surface area contributed by atoms with Crippen LogP contribution in [0.15, 0.2) is 83.0 Å². The number of sulfone groups is 1. The van der Waals surface area contributed by atoms with Crippen LogP contribution in [-0.4, -0.2) is 29.9 Å². The summed E-state index contributed by atoms with van der Waals surface area (Å²) in [5.41, 5.74) is 1.94. The quantitative estimate of drug-likeness (QED) is 0.268. The van der Waals surface area contributed by atoms with Gasteiger partial charge in [-0.05, 0) is 54.4 Å². The number of hydrogen-bond donors (Lipinski definition) is 0. The minimum absolute atomic E-state index is 0.0936. The standard InChI is InChI=1S/C23H16F4N2O4S/c24-19-13-18(7-9-21(19)33-23(25,26)27)34(31,32)17-5-1-15(2-6-17)3-8-20(30)16-4-10-22-28-11-12-29(22)14-16/h1-2,4-7,9-14H,3,8H2. The summed E-state index contributed by atoms with van der Waals surface area (Å²) in [6.07, 6.45) is 0.485. The van der Waals surface area contributed by atoms with Crippen LogP contribution in [0.4, 0.5) is 17.6 Å². The Morgan fingerprint density at radius 2 is 1.71 bits per heavy atom. The smallest absolute Gasteiger partial charge is 0.403 e. The first kappa shape index (κ1) is 23.4. The summed E-state index contributed by atoms with van der Waals surface area (Å²) >= 11 is 0. The fourth-order valence-electron chi connectivity index (χ4n) is 3.31. The van der Waals surface area contributed by atoms with Gasteiger partial charge >= 0.3 is 6.36 Å². The molecule has 11 heteroatoms. The van der Waals surface area contributed by atoms with Gasteiger partial charge in [-0.1, -0.05) is 12.1 Å². The van der Waals surface area contributed by atoms with Crippen LogP contribution >= 0.6 is 0 Å². The number of benzene rings is 2. The third-order valence-corrected chi connectivity index (χ3v) is 6.79. The van der Waals surface area contributed by atoms with E-state index in [1.54, 1.807) is 35.1 Å². The highest BCUT2D eigenvalue weighted by Crippen LogP contribution is 2.29. The van der Waals surface area contributed by atoms with Crippen molar-refractivity contribution in [3.05, 3.63) is 90.1 Å². The summed E-state index contributed by atoms with van der Waals surface area (Å²) < 4.78 is 81.5. The lowest BCUT2D eigenvalue weighted by Gasteiger charge is -2.11. The molecule has 0 N–H and O–H groups in total. The summed E-state index contributed by atoms with van der Waals surface area (Å²) in [5, 5.41) is 0. The molecule has 0 aliphatic rings. The number of halogens is 4. The summed E-state index contributed by atoms with van der Waals surface area (Å²) in [6.45, 7) is 0. The fourth-order valence-corrected chi connectivity index (χ4v) is 4.59. The Balaban J connectivity index is 1.45. The number of nitrogens with zero attached hydrogens (tertiary/aromatic N) is 2. The van der Waals surface area contributed by atoms with Crippen molar-refractivity contribution in [3.63, 3.8) is 0 Å². The van der Waals surface area contributed by atoms with E-state index in [2.05, 4.69) is 9.72 Å². The molecule has 2 aromatic carbocycles. The Labute approximate surface area is 191 Å². The number of imidazole rings is 1. The second kappa shape index (κ2) is 8.90. The van der Waals surface area contributed by atoms with Gasteiger partial charge in [-0.3, -0.25) is 4.79 Å². The highest BCUT2D eigenvalue weighted by atomic mass is 32.2. The van der Waals surface area contributed by atoms with Gasteiger partial charge in [0.25, 0.3) is 0 Å². The van der Waals surface area contributed by atoms with Crippen molar-refractivity contribution in [3.8, 4) is 5.75 Å². The van der Waals surface area contributed by atoms with Gasteiger partial charge in [0.05, 0.1) is 9.79 Å². The van der Waals surface area contributed by atoms with Crippen molar-refractivity contribution in [2.75, 3.05) is 0 Å². The summed E-state index contributed by atoms with van der Waals surface area (Å²) in [7, 11) is -4.18. The first-order valence-electron chi connectivity index (χ1n) is 9.88. The molecule has 6 nitrogen and oxygen atoms in total. The second-order valence-corrected chi connectivity index (χ2v) is 9.27. The van der Waals surface area contributed by atoms with Gasteiger partial charge < -0.3 is 9.14 Å². The fraction of sp³-hybridized carbons (Fsp3) is 0.130. The second-order valence-electron chi connectivity index (χ2n) is 7.32. The largest absolute Gasteiger partial charge is 0.573 e. The molecule has 0 saturated heterocycles. The molecule has 0 spiro atoms. The summed E-state index contributed by atoms with van der Waals surface area (Å²) in [6, 6.07) is 11.0. The SMILES string of the molecule is O=C(CCc1ccc(S(=O)(=O)c2ccc(OC(F)(F)F)c(F)c2)cc1)c1ccc2nccn2c1. The molecule has 0 aliphatic heterocycles. The molecule has 2 heterocycles. The number of aromatic nitrogens is 2. The maximum atomic E-state index is 13.9. The molecule has 0 saturated carbocycles. The van der Waals surface area contributed by atoms with Crippen LogP contribution in [0.3, 0.4) is 0 Å². The molecule has 0 bridgehead atoms. The Kier molecular flexibility index (Phi) is 6.13. The van der Waals surface area contributed by atoms with Crippen molar-refractivity contribution in [1.82, 2.24) is 9.38 Å². The number of ether oxygens (including phenoxy) is 1. The van der Waals surface area contributed by atoms with E-state index < -0.39 is 32.7 Å². The van der Waals surface area contributed by atoms with Crippen LogP contribution in [0, 0.1) is 5.82 Å². The van der Waals surface area contributed by atoms with Crippen molar-refractivity contribution < 1.29 is 35.5 Å². The minimum Gasteiger partial charge on any atom is -0.403 e. The van der Waals surface area contributed by atoms with E-state index in [1.807, 2.05) is 0 Å². The van der Waals surface area contributed by atoms with Gasteiger partial charge in [-0.25, -0.2) is 17.8 Å². The van der Waals surface area contributed by atoms with Gasteiger partial charge in [0.1, 0.15) is 5.65 Å². The van der Waals surface area contributed by atoms with Gasteiger partial charge in [-0.15, -0.1) is 13.2 Å². The lowest BCUT2D eigenvalue weighted by molar-refractivity contribution is -0.275. The Morgan fingerprint density at radius 3 is 2.38 bits per heavy atom. The number of carbonyl (C=O) groups is 1. The van der Waals surface area contributed by atoms with E-state index in [0.717, 1.165) is 11.7 Å². The normalized spacial score (nSPS) is 12.1. The van der Waals surface area contributed by atoms with Crippen LogP contribution in [0.25, 0.3) is 5.65 Å². The zero-order chi connectivity index (χ0) is 24.5. The first-order valence-corrected chi connectivity index (χ1v) is 11.4. The van der Waals surface area contributed by atoms with E-state index in [-0.39, 0.29) is 17.1 Å². The van der Waals surface area contributed by atoms with Crippen LogP contribution in [-0.2, 0) is 16.3 Å². The molecule has 176 valence electrons. The minimum atomic E-state index is -5.11. The van der Waals surface area contributed by atoms with Crippen molar-refractivity contribution in [2.45, 2.75) is 29.0 Å². The number of hydrogen-bond acceptors (Lipinski definition) is 5. The molecule has 0 atom stereocenters.